The third kappa shape index (κ3) is 1.76. The molecule has 0 aliphatic carbocycles. The Morgan fingerprint density at radius 1 is 1.36 bits per heavy atom. The van der Waals surface area contributed by atoms with Crippen LogP contribution in [0.3, 0.4) is 0 Å². The van der Waals surface area contributed by atoms with E-state index in [-0.39, 0.29) is 5.75 Å². The first kappa shape index (κ1) is 9.07. The largest absolute Gasteiger partial charge is 0.506 e. The summed E-state index contributed by atoms with van der Waals surface area (Å²) in [6.45, 7) is 2.05. The summed E-state index contributed by atoms with van der Waals surface area (Å²) in [4.78, 5) is 0. The average Bonchev–Trinajstić information content (AvgIpc) is 2.01. The summed E-state index contributed by atoms with van der Waals surface area (Å²) in [5.41, 5.74) is 1.12. The molecule has 1 N–H and O–H groups in total. The van der Waals surface area contributed by atoms with E-state index in [0.717, 1.165) is 20.9 Å². The zero-order chi connectivity index (χ0) is 8.43. The van der Waals surface area contributed by atoms with Crippen LogP contribution in [0.1, 0.15) is 12.5 Å². The molecule has 11 heavy (non-hydrogen) atoms. The highest BCUT2D eigenvalue weighted by molar-refractivity contribution is 9.11. The zero-order valence-corrected chi connectivity index (χ0v) is 9.24. The molecule has 0 aromatic heterocycles. The number of phenolic OH excluding ortho intramolecular Hbond substituents is 1. The van der Waals surface area contributed by atoms with Gasteiger partial charge in [0.05, 0.1) is 8.95 Å². The molecule has 0 aliphatic rings. The van der Waals surface area contributed by atoms with Crippen LogP contribution in [0.4, 0.5) is 0 Å². The molecule has 3 heteroatoms. The maximum atomic E-state index is 9.42. The van der Waals surface area contributed by atoms with E-state index in [4.69, 9.17) is 0 Å². The van der Waals surface area contributed by atoms with Crippen molar-refractivity contribution in [2.24, 2.45) is 0 Å². The number of rotatable bonds is 1. The fraction of sp³-hybridized carbons (Fsp3) is 0.250. The van der Waals surface area contributed by atoms with Gasteiger partial charge in [0.15, 0.2) is 0 Å². The summed E-state index contributed by atoms with van der Waals surface area (Å²) in [6.07, 6.45) is 0.918. The molecule has 60 valence electrons. The molecule has 0 fully saturated rings. The minimum absolute atomic E-state index is 0.282. The molecule has 0 atom stereocenters. The van der Waals surface area contributed by atoms with Gasteiger partial charge in [0.1, 0.15) is 5.75 Å². The van der Waals surface area contributed by atoms with Crippen LogP contribution < -0.4 is 0 Å². The Hall–Kier alpha value is -0.0200. The van der Waals surface area contributed by atoms with Gasteiger partial charge in [-0.2, -0.15) is 0 Å². The van der Waals surface area contributed by atoms with E-state index in [0.29, 0.717) is 0 Å². The molecule has 1 aromatic rings. The van der Waals surface area contributed by atoms with Crippen LogP contribution >= 0.6 is 31.9 Å². The second-order valence-corrected chi connectivity index (χ2v) is 3.87. The van der Waals surface area contributed by atoms with Crippen LogP contribution in [0.2, 0.25) is 0 Å². The summed E-state index contributed by atoms with van der Waals surface area (Å²) in [5, 5.41) is 9.42. The first-order valence-electron chi connectivity index (χ1n) is 3.32. The molecule has 1 aromatic carbocycles. The highest BCUT2D eigenvalue weighted by atomic mass is 79.9. The van der Waals surface area contributed by atoms with Gasteiger partial charge in [0.2, 0.25) is 0 Å². The Kier molecular flexibility index (Phi) is 2.96. The second-order valence-electron chi connectivity index (χ2n) is 2.22. The summed E-state index contributed by atoms with van der Waals surface area (Å²) in [6, 6.07) is 3.83. The number of phenols is 1. The lowest BCUT2D eigenvalue weighted by Gasteiger charge is -2.04. The summed E-state index contributed by atoms with van der Waals surface area (Å²) in [5.74, 6) is 0.282. The fourth-order valence-corrected chi connectivity index (χ4v) is 2.08. The molecule has 0 unspecified atom stereocenters. The van der Waals surface area contributed by atoms with E-state index in [1.807, 2.05) is 19.1 Å². The third-order valence-corrected chi connectivity index (χ3v) is 3.05. The molecule has 0 saturated carbocycles. The lowest BCUT2D eigenvalue weighted by Crippen LogP contribution is -1.82. The lowest BCUT2D eigenvalue weighted by atomic mass is 10.2. The number of aromatic hydroxyl groups is 1. The van der Waals surface area contributed by atoms with Gasteiger partial charge in [-0.3, -0.25) is 0 Å². The lowest BCUT2D eigenvalue weighted by molar-refractivity contribution is 0.467. The van der Waals surface area contributed by atoms with E-state index in [1.54, 1.807) is 0 Å². The SMILES string of the molecule is CCc1ccc(Br)c(O)c1Br. The van der Waals surface area contributed by atoms with Crippen molar-refractivity contribution in [3.8, 4) is 5.75 Å². The predicted octanol–water partition coefficient (Wildman–Crippen LogP) is 3.48. The normalized spacial score (nSPS) is 10.1. The molecule has 0 radical (unpaired) electrons. The maximum Gasteiger partial charge on any atom is 0.144 e. The van der Waals surface area contributed by atoms with Crippen molar-refractivity contribution in [3.05, 3.63) is 26.6 Å². The van der Waals surface area contributed by atoms with Crippen molar-refractivity contribution in [1.82, 2.24) is 0 Å². The monoisotopic (exact) mass is 278 g/mol. The Morgan fingerprint density at radius 2 is 2.00 bits per heavy atom. The first-order valence-corrected chi connectivity index (χ1v) is 4.91. The smallest absolute Gasteiger partial charge is 0.144 e. The zero-order valence-electron chi connectivity index (χ0n) is 6.06. The molecule has 0 spiro atoms. The Labute approximate surface area is 82.7 Å². The van der Waals surface area contributed by atoms with Crippen LogP contribution in [0.5, 0.6) is 5.75 Å². The van der Waals surface area contributed by atoms with Gasteiger partial charge in [-0.15, -0.1) is 0 Å². The molecule has 0 bridgehead atoms. The number of aryl methyl sites for hydroxylation is 1. The molecule has 0 amide bonds. The van der Waals surface area contributed by atoms with Crippen LogP contribution in [-0.4, -0.2) is 5.11 Å². The minimum atomic E-state index is 0.282. The molecule has 0 aliphatic heterocycles. The number of hydrogen-bond acceptors (Lipinski definition) is 1. The van der Waals surface area contributed by atoms with Crippen LogP contribution in [-0.2, 0) is 6.42 Å². The van der Waals surface area contributed by atoms with Gasteiger partial charge in [-0.25, -0.2) is 0 Å². The van der Waals surface area contributed by atoms with E-state index >= 15 is 0 Å². The molecular formula is C8H8Br2O. The molecule has 1 rings (SSSR count). The van der Waals surface area contributed by atoms with E-state index in [1.165, 1.54) is 0 Å². The van der Waals surface area contributed by atoms with Crippen molar-refractivity contribution in [2.45, 2.75) is 13.3 Å². The first-order chi connectivity index (χ1) is 5.16. The summed E-state index contributed by atoms with van der Waals surface area (Å²) in [7, 11) is 0. The Balaban J connectivity index is 3.25. The van der Waals surface area contributed by atoms with E-state index < -0.39 is 0 Å². The topological polar surface area (TPSA) is 20.2 Å². The highest BCUT2D eigenvalue weighted by Gasteiger charge is 2.05. The van der Waals surface area contributed by atoms with Crippen LogP contribution in [0.15, 0.2) is 21.1 Å². The van der Waals surface area contributed by atoms with Gasteiger partial charge in [-0.1, -0.05) is 13.0 Å². The van der Waals surface area contributed by atoms with Gasteiger partial charge in [-0.05, 0) is 49.9 Å². The highest BCUT2D eigenvalue weighted by Crippen LogP contribution is 2.34. The van der Waals surface area contributed by atoms with Crippen molar-refractivity contribution in [3.63, 3.8) is 0 Å². The summed E-state index contributed by atoms with van der Waals surface area (Å²) < 4.78 is 1.51. The van der Waals surface area contributed by atoms with Crippen LogP contribution in [0.25, 0.3) is 0 Å². The van der Waals surface area contributed by atoms with E-state index in [2.05, 4.69) is 31.9 Å². The molecule has 0 saturated heterocycles. The third-order valence-electron chi connectivity index (χ3n) is 1.53. The maximum absolute atomic E-state index is 9.42. The standard InChI is InChI=1S/C8H8Br2O/c1-2-5-3-4-6(9)8(11)7(5)10/h3-4,11H,2H2,1H3. The average molecular weight is 280 g/mol. The molecule has 0 heterocycles. The van der Waals surface area contributed by atoms with Gasteiger partial charge in [0, 0.05) is 0 Å². The van der Waals surface area contributed by atoms with Gasteiger partial charge in [0.25, 0.3) is 0 Å². The van der Waals surface area contributed by atoms with E-state index in [9.17, 15) is 5.11 Å². The van der Waals surface area contributed by atoms with Gasteiger partial charge >= 0.3 is 0 Å². The van der Waals surface area contributed by atoms with Crippen molar-refractivity contribution in [1.29, 1.82) is 0 Å². The minimum Gasteiger partial charge on any atom is -0.506 e. The fourth-order valence-electron chi connectivity index (χ4n) is 0.856. The molecule has 1 nitrogen and oxygen atoms in total. The number of halogens is 2. The van der Waals surface area contributed by atoms with Crippen molar-refractivity contribution >= 4 is 31.9 Å². The second kappa shape index (κ2) is 3.59. The Bertz CT molecular complexity index is 271. The molecular weight excluding hydrogens is 272 g/mol. The Morgan fingerprint density at radius 3 is 2.55 bits per heavy atom. The number of hydrogen-bond donors (Lipinski definition) is 1. The predicted molar refractivity (Wildman–Crippen MR) is 52.9 cm³/mol. The quantitative estimate of drug-likeness (QED) is 0.835. The van der Waals surface area contributed by atoms with Gasteiger partial charge < -0.3 is 5.11 Å². The number of benzene rings is 1. The van der Waals surface area contributed by atoms with Crippen molar-refractivity contribution < 1.29 is 5.11 Å². The van der Waals surface area contributed by atoms with Crippen LogP contribution in [0, 0.1) is 0 Å². The van der Waals surface area contributed by atoms with Crippen molar-refractivity contribution in [2.75, 3.05) is 0 Å². The summed E-state index contributed by atoms with van der Waals surface area (Å²) >= 11 is 6.54.